The summed E-state index contributed by atoms with van der Waals surface area (Å²) in [6.45, 7) is 1.08. The van der Waals surface area contributed by atoms with E-state index in [2.05, 4.69) is 0 Å². The molecule has 0 aromatic carbocycles. The predicted octanol–water partition coefficient (Wildman–Crippen LogP) is -0.761. The van der Waals surface area contributed by atoms with E-state index in [0.717, 1.165) is 6.92 Å². The monoisotopic (exact) mass is 322 g/mol. The van der Waals surface area contributed by atoms with E-state index in [1.54, 1.807) is 0 Å². The molecule has 3 N–H and O–H groups in total. The summed E-state index contributed by atoms with van der Waals surface area (Å²) in [6.07, 6.45) is 0. The van der Waals surface area contributed by atoms with E-state index in [-0.39, 0.29) is 50.1 Å². The normalized spacial score (nSPS) is 5.31. The van der Waals surface area contributed by atoms with Crippen molar-refractivity contribution in [3.63, 3.8) is 0 Å². The molecular weight excluding hydrogens is 317 g/mol. The van der Waals surface area contributed by atoms with Crippen LogP contribution >= 0.6 is 0 Å². The van der Waals surface area contributed by atoms with Gasteiger partial charge in [-0.2, -0.15) is 0 Å². The molecule has 0 aliphatic rings. The first-order valence-electron chi connectivity index (χ1n) is 2.03. The van der Waals surface area contributed by atoms with Gasteiger partial charge >= 0.3 is 11.9 Å². The van der Waals surface area contributed by atoms with E-state index in [9.17, 15) is 0 Å². The average molecular weight is 323 g/mol. The number of aliphatic carboxylic acids is 3. The van der Waals surface area contributed by atoms with Gasteiger partial charge < -0.3 is 15.3 Å². The van der Waals surface area contributed by atoms with Crippen molar-refractivity contribution < 1.29 is 79.8 Å². The summed E-state index contributed by atoms with van der Waals surface area (Å²) in [5.41, 5.74) is 0. The Morgan fingerprint density at radius 2 is 0.923 bits per heavy atom. The number of carboxylic acid groups (broad SMARTS) is 3. The Bertz CT molecular complexity index is 145. The zero-order chi connectivity index (χ0) is 8.73. The molecule has 86 valence electrons. The molecule has 0 atom stereocenters. The molecule has 0 radical (unpaired) electrons. The molecule has 0 aliphatic heterocycles. The summed E-state index contributed by atoms with van der Waals surface area (Å²) in [4.78, 5) is 27.2. The van der Waals surface area contributed by atoms with Gasteiger partial charge in [-0.25, -0.2) is 9.59 Å². The molecule has 0 bridgehead atoms. The van der Waals surface area contributed by atoms with Crippen molar-refractivity contribution in [3.05, 3.63) is 0 Å². The molecule has 0 amide bonds. The maximum atomic E-state index is 9.10. The fraction of sp³-hybridized carbons (Fsp3) is 0.250. The van der Waals surface area contributed by atoms with Crippen LogP contribution in [0.5, 0.6) is 0 Å². The molecule has 0 spiro atoms. The van der Waals surface area contributed by atoms with E-state index < -0.39 is 17.9 Å². The zero-order valence-electron chi connectivity index (χ0n) is 6.05. The molecular formula is C4H6FeNi2O6. The van der Waals surface area contributed by atoms with Crippen molar-refractivity contribution in [2.75, 3.05) is 0 Å². The molecule has 0 fully saturated rings. The first kappa shape index (κ1) is 29.3. The minimum Gasteiger partial charge on any atom is -0.481 e. The van der Waals surface area contributed by atoms with Crippen LogP contribution in [0.3, 0.4) is 0 Å². The average Bonchev–Trinajstić information content (AvgIpc) is 1.63. The Morgan fingerprint density at radius 3 is 0.923 bits per heavy atom. The minimum atomic E-state index is -1.82. The van der Waals surface area contributed by atoms with Crippen LogP contribution in [0.15, 0.2) is 0 Å². The van der Waals surface area contributed by atoms with Crippen molar-refractivity contribution in [2.45, 2.75) is 6.92 Å². The van der Waals surface area contributed by atoms with Gasteiger partial charge in [0, 0.05) is 57.0 Å². The van der Waals surface area contributed by atoms with Crippen LogP contribution in [-0.2, 0) is 64.4 Å². The second-order valence-electron chi connectivity index (χ2n) is 1.13. The zero-order valence-corrected chi connectivity index (χ0v) is 9.13. The van der Waals surface area contributed by atoms with Crippen LogP contribution in [0, 0.1) is 0 Å². The minimum absolute atomic E-state index is 0. The predicted molar refractivity (Wildman–Crippen MR) is 28.6 cm³/mol. The first-order chi connectivity index (χ1) is 4.37. The molecule has 0 aromatic heterocycles. The Balaban J connectivity index is -0.0000000279. The first-order valence-corrected chi connectivity index (χ1v) is 2.03. The Labute approximate surface area is 104 Å². The van der Waals surface area contributed by atoms with Crippen molar-refractivity contribution in [1.29, 1.82) is 0 Å². The van der Waals surface area contributed by atoms with Gasteiger partial charge in [0.25, 0.3) is 5.97 Å². The number of carbonyl (C=O) groups is 3. The molecule has 9 heteroatoms. The Kier molecular flexibility index (Phi) is 40.2. The van der Waals surface area contributed by atoms with Gasteiger partial charge in [-0.05, 0) is 0 Å². The van der Waals surface area contributed by atoms with E-state index in [4.69, 9.17) is 29.7 Å². The van der Waals surface area contributed by atoms with E-state index >= 15 is 0 Å². The number of hydrogen-bond acceptors (Lipinski definition) is 3. The second-order valence-corrected chi connectivity index (χ2v) is 1.13. The van der Waals surface area contributed by atoms with Gasteiger partial charge in [0.1, 0.15) is 0 Å². The van der Waals surface area contributed by atoms with Crippen molar-refractivity contribution >= 4 is 17.9 Å². The van der Waals surface area contributed by atoms with Gasteiger partial charge in [0.2, 0.25) is 0 Å². The van der Waals surface area contributed by atoms with E-state index in [1.165, 1.54) is 0 Å². The SMILES string of the molecule is CC(=O)O.O=C(O)C(=O)O.[Fe].[Ni].[Ni]. The topological polar surface area (TPSA) is 112 Å². The Morgan fingerprint density at radius 1 is 0.846 bits per heavy atom. The van der Waals surface area contributed by atoms with E-state index in [1.807, 2.05) is 0 Å². The molecule has 0 rings (SSSR count). The molecule has 0 saturated heterocycles. The third kappa shape index (κ3) is 76.4. The van der Waals surface area contributed by atoms with Gasteiger partial charge in [0.15, 0.2) is 0 Å². The smallest absolute Gasteiger partial charge is 0.414 e. The molecule has 13 heavy (non-hydrogen) atoms. The molecule has 0 saturated carbocycles. The standard InChI is InChI=1S/C2H2O4.C2H4O2.Fe.2Ni/c3-1(4)2(5)6;1-2(3)4;;;/h(H,3,4)(H,5,6);1H3,(H,3,4);;;. The van der Waals surface area contributed by atoms with Crippen LogP contribution in [-0.4, -0.2) is 33.2 Å². The van der Waals surface area contributed by atoms with E-state index in [0.29, 0.717) is 0 Å². The Hall–Kier alpha value is -0.0835. The molecule has 0 unspecified atom stereocenters. The third-order valence-electron chi connectivity index (χ3n) is 0.183. The fourth-order valence-electron chi connectivity index (χ4n) is 0. The van der Waals surface area contributed by atoms with Crippen LogP contribution in [0.2, 0.25) is 0 Å². The fourth-order valence-corrected chi connectivity index (χ4v) is 0. The number of rotatable bonds is 0. The summed E-state index contributed by atoms with van der Waals surface area (Å²) >= 11 is 0. The van der Waals surface area contributed by atoms with Crippen molar-refractivity contribution in [3.8, 4) is 0 Å². The second kappa shape index (κ2) is 17.9. The van der Waals surface area contributed by atoms with Crippen LogP contribution in [0.25, 0.3) is 0 Å². The summed E-state index contributed by atoms with van der Waals surface area (Å²) in [7, 11) is 0. The number of hydrogen-bond donors (Lipinski definition) is 3. The quantitative estimate of drug-likeness (QED) is 0.399. The summed E-state index contributed by atoms with van der Waals surface area (Å²) in [5.74, 6) is -4.48. The maximum absolute atomic E-state index is 9.10. The summed E-state index contributed by atoms with van der Waals surface area (Å²) in [5, 5.41) is 22.2. The third-order valence-corrected chi connectivity index (χ3v) is 0.183. The van der Waals surface area contributed by atoms with Gasteiger partial charge in [-0.1, -0.05) is 0 Å². The molecule has 6 nitrogen and oxygen atoms in total. The summed E-state index contributed by atoms with van der Waals surface area (Å²) in [6, 6.07) is 0. The molecule has 0 aliphatic carbocycles. The van der Waals surface area contributed by atoms with Gasteiger partial charge in [0.05, 0.1) is 0 Å². The number of carboxylic acids is 3. The van der Waals surface area contributed by atoms with Gasteiger partial charge in [-0.3, -0.25) is 4.79 Å². The molecule has 0 heterocycles. The summed E-state index contributed by atoms with van der Waals surface area (Å²) < 4.78 is 0. The van der Waals surface area contributed by atoms with Crippen LogP contribution in [0.4, 0.5) is 0 Å². The van der Waals surface area contributed by atoms with Crippen LogP contribution < -0.4 is 0 Å². The van der Waals surface area contributed by atoms with Crippen LogP contribution in [0.1, 0.15) is 6.92 Å². The van der Waals surface area contributed by atoms with Gasteiger partial charge in [-0.15, -0.1) is 0 Å². The maximum Gasteiger partial charge on any atom is 0.414 e. The molecule has 0 aromatic rings. The largest absolute Gasteiger partial charge is 0.481 e. The van der Waals surface area contributed by atoms with Crippen molar-refractivity contribution in [1.82, 2.24) is 0 Å². The van der Waals surface area contributed by atoms with Crippen molar-refractivity contribution in [2.24, 2.45) is 0 Å².